The van der Waals surface area contributed by atoms with E-state index in [0.29, 0.717) is 6.54 Å². The fraction of sp³-hybridized carbons (Fsp3) is 0.200. The molecular weight excluding hydrogens is 450 g/mol. The summed E-state index contributed by atoms with van der Waals surface area (Å²) in [5, 5.41) is 3.44. The highest BCUT2D eigenvalue weighted by Gasteiger charge is 2.08. The summed E-state index contributed by atoms with van der Waals surface area (Å²) >= 11 is 10.7. The van der Waals surface area contributed by atoms with Gasteiger partial charge in [-0.1, -0.05) is 15.9 Å². The van der Waals surface area contributed by atoms with Crippen molar-refractivity contribution in [3.63, 3.8) is 0 Å². The van der Waals surface area contributed by atoms with Crippen molar-refractivity contribution in [3.8, 4) is 5.75 Å². The van der Waals surface area contributed by atoms with Crippen LogP contribution in [-0.2, 0) is 6.54 Å². The largest absolute Gasteiger partial charge is 0.497 e. The number of benzene rings is 2. The van der Waals surface area contributed by atoms with Gasteiger partial charge >= 0.3 is 0 Å². The number of ether oxygens (including phenoxy) is 1. The predicted molar refractivity (Wildman–Crippen MR) is 94.6 cm³/mol. The second-order valence-corrected chi connectivity index (χ2v) is 6.98. The normalized spacial score (nSPS) is 10.4. The summed E-state index contributed by atoms with van der Waals surface area (Å²) in [7, 11) is 1.67. The first-order valence-electron chi connectivity index (χ1n) is 6.03. The summed E-state index contributed by atoms with van der Waals surface area (Å²) < 4.78 is 8.41. The second-order valence-electron chi connectivity index (χ2n) is 4.41. The fourth-order valence-corrected chi connectivity index (χ4v) is 3.95. The van der Waals surface area contributed by atoms with Crippen LogP contribution < -0.4 is 10.1 Å². The molecule has 0 aliphatic carbocycles. The van der Waals surface area contributed by atoms with E-state index < -0.39 is 0 Å². The Morgan fingerprint density at radius 2 is 1.65 bits per heavy atom. The zero-order valence-electron chi connectivity index (χ0n) is 11.1. The first-order chi connectivity index (χ1) is 9.51. The van der Waals surface area contributed by atoms with E-state index in [2.05, 4.69) is 72.2 Å². The minimum atomic E-state index is 0.706. The Balaban J connectivity index is 2.21. The smallest absolute Gasteiger partial charge is 0.119 e. The molecule has 106 valence electrons. The van der Waals surface area contributed by atoms with Crippen molar-refractivity contribution in [1.29, 1.82) is 0 Å². The van der Waals surface area contributed by atoms with Gasteiger partial charge in [-0.15, -0.1) is 0 Å². The Kier molecular flexibility index (Phi) is 5.52. The van der Waals surface area contributed by atoms with Gasteiger partial charge in [-0.25, -0.2) is 0 Å². The van der Waals surface area contributed by atoms with E-state index in [1.54, 1.807) is 7.11 Å². The number of methoxy groups -OCH3 is 1. The number of aryl methyl sites for hydroxylation is 1. The first-order valence-corrected chi connectivity index (χ1v) is 8.41. The Bertz CT molecular complexity index is 606. The number of hydrogen-bond acceptors (Lipinski definition) is 2. The molecule has 0 aliphatic heterocycles. The number of nitrogens with one attached hydrogen (secondary N) is 1. The molecule has 5 heteroatoms. The van der Waals surface area contributed by atoms with Crippen molar-refractivity contribution in [3.05, 3.63) is 54.9 Å². The van der Waals surface area contributed by atoms with Crippen LogP contribution in [0.2, 0.25) is 0 Å². The lowest BCUT2D eigenvalue weighted by Gasteiger charge is -2.13. The fourth-order valence-electron chi connectivity index (χ4n) is 1.87. The monoisotopic (exact) mass is 461 g/mol. The molecule has 0 aliphatic rings. The number of hydrogen-bond donors (Lipinski definition) is 1. The zero-order valence-corrected chi connectivity index (χ0v) is 15.9. The van der Waals surface area contributed by atoms with Gasteiger partial charge in [0, 0.05) is 20.0 Å². The maximum Gasteiger partial charge on any atom is 0.119 e. The third kappa shape index (κ3) is 3.77. The molecule has 20 heavy (non-hydrogen) atoms. The minimum Gasteiger partial charge on any atom is -0.497 e. The van der Waals surface area contributed by atoms with Gasteiger partial charge < -0.3 is 10.1 Å². The SMILES string of the molecule is COc1ccc(Br)c(CNc2c(Br)cc(C)cc2Br)c1. The van der Waals surface area contributed by atoms with Crippen LogP contribution in [0, 0.1) is 6.92 Å². The minimum absolute atomic E-state index is 0.706. The van der Waals surface area contributed by atoms with Crippen LogP contribution in [-0.4, -0.2) is 7.11 Å². The van der Waals surface area contributed by atoms with Crippen LogP contribution in [0.5, 0.6) is 5.75 Å². The van der Waals surface area contributed by atoms with Gasteiger partial charge in [-0.05, 0) is 80.2 Å². The zero-order chi connectivity index (χ0) is 14.7. The third-order valence-corrected chi connectivity index (χ3v) is 4.92. The van der Waals surface area contributed by atoms with E-state index in [4.69, 9.17) is 4.74 Å². The Labute approximate surface area is 144 Å². The molecule has 0 saturated heterocycles. The van der Waals surface area contributed by atoms with E-state index in [-0.39, 0.29) is 0 Å². The summed E-state index contributed by atoms with van der Waals surface area (Å²) in [4.78, 5) is 0. The highest BCUT2D eigenvalue weighted by Crippen LogP contribution is 2.33. The molecule has 0 atom stereocenters. The van der Waals surface area contributed by atoms with Gasteiger partial charge in [-0.3, -0.25) is 0 Å². The van der Waals surface area contributed by atoms with Crippen LogP contribution in [0.25, 0.3) is 0 Å². The van der Waals surface area contributed by atoms with Gasteiger partial charge in [0.2, 0.25) is 0 Å². The lowest BCUT2D eigenvalue weighted by atomic mass is 10.2. The van der Waals surface area contributed by atoms with Gasteiger partial charge in [0.1, 0.15) is 5.75 Å². The highest BCUT2D eigenvalue weighted by molar-refractivity contribution is 9.11. The lowest BCUT2D eigenvalue weighted by molar-refractivity contribution is 0.414. The van der Waals surface area contributed by atoms with E-state index in [1.165, 1.54) is 5.56 Å². The molecule has 2 aromatic rings. The molecule has 2 aromatic carbocycles. The number of halogens is 3. The van der Waals surface area contributed by atoms with Crippen molar-refractivity contribution >= 4 is 53.5 Å². The van der Waals surface area contributed by atoms with Crippen molar-refractivity contribution < 1.29 is 4.74 Å². The molecule has 2 rings (SSSR count). The van der Waals surface area contributed by atoms with Crippen LogP contribution in [0.4, 0.5) is 5.69 Å². The van der Waals surface area contributed by atoms with E-state index in [1.807, 2.05) is 18.2 Å². The third-order valence-electron chi connectivity index (χ3n) is 2.89. The molecular formula is C15H14Br3NO. The summed E-state index contributed by atoms with van der Waals surface area (Å²) in [6.07, 6.45) is 0. The lowest BCUT2D eigenvalue weighted by Crippen LogP contribution is -2.02. The number of rotatable bonds is 4. The summed E-state index contributed by atoms with van der Waals surface area (Å²) in [6.45, 7) is 2.77. The molecule has 0 saturated carbocycles. The number of anilines is 1. The molecule has 0 unspecified atom stereocenters. The Hall–Kier alpha value is -0.520. The highest BCUT2D eigenvalue weighted by atomic mass is 79.9. The van der Waals surface area contributed by atoms with Crippen LogP contribution in [0.3, 0.4) is 0 Å². The van der Waals surface area contributed by atoms with Crippen LogP contribution in [0.1, 0.15) is 11.1 Å². The van der Waals surface area contributed by atoms with Crippen molar-refractivity contribution in [2.75, 3.05) is 12.4 Å². The second kappa shape index (κ2) is 6.96. The molecule has 0 bridgehead atoms. The maximum absolute atomic E-state index is 5.26. The average Bonchev–Trinajstić information content (AvgIpc) is 2.39. The van der Waals surface area contributed by atoms with Crippen LogP contribution >= 0.6 is 47.8 Å². The molecule has 0 fully saturated rings. The molecule has 0 amide bonds. The van der Waals surface area contributed by atoms with Gasteiger partial charge in [0.25, 0.3) is 0 Å². The average molecular weight is 464 g/mol. The van der Waals surface area contributed by atoms with E-state index in [9.17, 15) is 0 Å². The molecule has 2 nitrogen and oxygen atoms in total. The van der Waals surface area contributed by atoms with Gasteiger partial charge in [-0.2, -0.15) is 0 Å². The van der Waals surface area contributed by atoms with Crippen molar-refractivity contribution in [1.82, 2.24) is 0 Å². The summed E-state index contributed by atoms with van der Waals surface area (Å²) in [5.74, 6) is 0.854. The maximum atomic E-state index is 5.26. The Morgan fingerprint density at radius 3 is 2.25 bits per heavy atom. The van der Waals surface area contributed by atoms with Crippen molar-refractivity contribution in [2.45, 2.75) is 13.5 Å². The van der Waals surface area contributed by atoms with Gasteiger partial charge in [0.15, 0.2) is 0 Å². The Morgan fingerprint density at radius 1 is 1.00 bits per heavy atom. The molecule has 1 N–H and O–H groups in total. The quantitative estimate of drug-likeness (QED) is 0.609. The summed E-state index contributed by atoms with van der Waals surface area (Å²) in [6, 6.07) is 10.1. The molecule has 0 spiro atoms. The molecule has 0 heterocycles. The summed E-state index contributed by atoms with van der Waals surface area (Å²) in [5.41, 5.74) is 3.39. The first kappa shape index (κ1) is 15.9. The van der Waals surface area contributed by atoms with E-state index >= 15 is 0 Å². The topological polar surface area (TPSA) is 21.3 Å². The van der Waals surface area contributed by atoms with E-state index in [0.717, 1.165) is 30.4 Å². The van der Waals surface area contributed by atoms with Crippen molar-refractivity contribution in [2.24, 2.45) is 0 Å². The predicted octanol–water partition coefficient (Wildman–Crippen LogP) is 5.90. The molecule has 0 radical (unpaired) electrons. The van der Waals surface area contributed by atoms with Gasteiger partial charge in [0.05, 0.1) is 12.8 Å². The standard InChI is InChI=1S/C15H14Br3NO/c1-9-5-13(17)15(14(18)6-9)19-8-10-7-11(20-2)3-4-12(10)16/h3-7,19H,8H2,1-2H3. The molecule has 0 aromatic heterocycles. The van der Waals surface area contributed by atoms with Crippen LogP contribution in [0.15, 0.2) is 43.7 Å².